The van der Waals surface area contributed by atoms with Crippen molar-refractivity contribution in [3.8, 4) is 0 Å². The van der Waals surface area contributed by atoms with Crippen LogP contribution < -0.4 is 5.73 Å². The summed E-state index contributed by atoms with van der Waals surface area (Å²) in [5, 5.41) is 0. The average molecular weight is 296 g/mol. The zero-order chi connectivity index (χ0) is 15.4. The zero-order valence-corrected chi connectivity index (χ0v) is 12.5. The van der Waals surface area contributed by atoms with Gasteiger partial charge in [-0.15, -0.1) is 0 Å². The minimum absolute atomic E-state index is 0.0697. The molecule has 5 nitrogen and oxygen atoms in total. The van der Waals surface area contributed by atoms with E-state index in [9.17, 15) is 4.79 Å². The number of rotatable bonds is 3. The van der Waals surface area contributed by atoms with Crippen molar-refractivity contribution >= 4 is 11.6 Å². The molecule has 0 spiro atoms. The summed E-state index contributed by atoms with van der Waals surface area (Å²) < 4.78 is 0. The Morgan fingerprint density at radius 1 is 1.09 bits per heavy atom. The van der Waals surface area contributed by atoms with Gasteiger partial charge in [-0.25, -0.2) is 0 Å². The van der Waals surface area contributed by atoms with Gasteiger partial charge >= 0.3 is 0 Å². The molecule has 114 valence electrons. The summed E-state index contributed by atoms with van der Waals surface area (Å²) in [4.78, 5) is 20.6. The van der Waals surface area contributed by atoms with Gasteiger partial charge in [-0.3, -0.25) is 14.7 Å². The molecule has 0 bridgehead atoms. The van der Waals surface area contributed by atoms with Crippen molar-refractivity contribution in [3.63, 3.8) is 0 Å². The number of aromatic nitrogens is 1. The molecule has 0 radical (unpaired) electrons. The monoisotopic (exact) mass is 296 g/mol. The van der Waals surface area contributed by atoms with Gasteiger partial charge in [0, 0.05) is 50.8 Å². The number of pyridine rings is 1. The van der Waals surface area contributed by atoms with Crippen LogP contribution in [0.25, 0.3) is 0 Å². The maximum atomic E-state index is 12.4. The van der Waals surface area contributed by atoms with Gasteiger partial charge in [-0.05, 0) is 29.8 Å². The molecule has 0 atom stereocenters. The highest BCUT2D eigenvalue weighted by Gasteiger charge is 2.22. The second-order valence-corrected chi connectivity index (χ2v) is 5.55. The largest absolute Gasteiger partial charge is 0.399 e. The van der Waals surface area contributed by atoms with Gasteiger partial charge in [0.1, 0.15) is 0 Å². The fourth-order valence-corrected chi connectivity index (χ4v) is 2.66. The third-order valence-electron chi connectivity index (χ3n) is 3.95. The molecule has 1 fully saturated rings. The van der Waals surface area contributed by atoms with E-state index in [-0.39, 0.29) is 5.91 Å². The highest BCUT2D eigenvalue weighted by Crippen LogP contribution is 2.12. The molecule has 1 aromatic heterocycles. The Bertz CT molecular complexity index is 619. The summed E-state index contributed by atoms with van der Waals surface area (Å²) in [5.74, 6) is 0.0697. The molecule has 1 amide bonds. The lowest BCUT2D eigenvalue weighted by Gasteiger charge is -2.34. The summed E-state index contributed by atoms with van der Waals surface area (Å²) in [6, 6.07) is 11.6. The van der Waals surface area contributed by atoms with E-state index in [1.807, 2.05) is 23.1 Å². The van der Waals surface area contributed by atoms with Crippen molar-refractivity contribution in [1.82, 2.24) is 14.8 Å². The second kappa shape index (κ2) is 6.58. The van der Waals surface area contributed by atoms with E-state index in [1.54, 1.807) is 18.5 Å². The molecule has 2 N–H and O–H groups in total. The van der Waals surface area contributed by atoms with Gasteiger partial charge in [-0.1, -0.05) is 12.1 Å². The Balaban J connectivity index is 1.54. The van der Waals surface area contributed by atoms with E-state index in [1.165, 1.54) is 5.56 Å². The van der Waals surface area contributed by atoms with Crippen molar-refractivity contribution in [2.24, 2.45) is 0 Å². The quantitative estimate of drug-likeness (QED) is 0.874. The molecular formula is C17H20N4O. The fraction of sp³-hybridized carbons (Fsp3) is 0.294. The van der Waals surface area contributed by atoms with Crippen LogP contribution in [0.5, 0.6) is 0 Å². The summed E-state index contributed by atoms with van der Waals surface area (Å²) in [6.45, 7) is 4.17. The van der Waals surface area contributed by atoms with Crippen LogP contribution in [0, 0.1) is 0 Å². The lowest BCUT2D eigenvalue weighted by Crippen LogP contribution is -2.48. The van der Waals surface area contributed by atoms with Crippen LogP contribution >= 0.6 is 0 Å². The Kier molecular flexibility index (Phi) is 4.34. The number of benzene rings is 1. The Labute approximate surface area is 130 Å². The molecule has 2 heterocycles. The van der Waals surface area contributed by atoms with E-state index in [2.05, 4.69) is 22.0 Å². The van der Waals surface area contributed by atoms with Crippen LogP contribution in [-0.2, 0) is 6.54 Å². The normalized spacial score (nSPS) is 15.7. The first kappa shape index (κ1) is 14.5. The maximum Gasteiger partial charge on any atom is 0.255 e. The number of anilines is 1. The van der Waals surface area contributed by atoms with Gasteiger partial charge in [-0.2, -0.15) is 0 Å². The number of hydrogen-bond donors (Lipinski definition) is 1. The fourth-order valence-electron chi connectivity index (χ4n) is 2.66. The van der Waals surface area contributed by atoms with E-state index in [0.29, 0.717) is 5.56 Å². The second-order valence-electron chi connectivity index (χ2n) is 5.55. The predicted molar refractivity (Wildman–Crippen MR) is 86.3 cm³/mol. The first-order valence-electron chi connectivity index (χ1n) is 7.48. The number of amides is 1. The number of hydrogen-bond acceptors (Lipinski definition) is 4. The number of carbonyl (C=O) groups excluding carboxylic acids is 1. The Morgan fingerprint density at radius 3 is 2.45 bits per heavy atom. The molecule has 0 saturated carbocycles. The SMILES string of the molecule is Nc1ccc(CN2CCN(C(=O)c3cccnc3)CC2)cc1. The Hall–Kier alpha value is -2.40. The lowest BCUT2D eigenvalue weighted by molar-refractivity contribution is 0.0628. The third-order valence-corrected chi connectivity index (χ3v) is 3.95. The van der Waals surface area contributed by atoms with Crippen LogP contribution in [-0.4, -0.2) is 46.9 Å². The van der Waals surface area contributed by atoms with Crippen LogP contribution in [0.3, 0.4) is 0 Å². The maximum absolute atomic E-state index is 12.4. The number of carbonyl (C=O) groups is 1. The molecule has 0 unspecified atom stereocenters. The minimum atomic E-state index is 0.0697. The lowest BCUT2D eigenvalue weighted by atomic mass is 10.1. The molecule has 0 aliphatic carbocycles. The molecule has 1 saturated heterocycles. The summed E-state index contributed by atoms with van der Waals surface area (Å²) in [5.41, 5.74) is 8.40. The number of nitrogens with two attached hydrogens (primary N) is 1. The van der Waals surface area contributed by atoms with Crippen molar-refractivity contribution in [2.75, 3.05) is 31.9 Å². The highest BCUT2D eigenvalue weighted by atomic mass is 16.2. The van der Waals surface area contributed by atoms with Gasteiger partial charge in [0.2, 0.25) is 0 Å². The predicted octanol–water partition coefficient (Wildman–Crippen LogP) is 1.62. The smallest absolute Gasteiger partial charge is 0.255 e. The number of nitrogen functional groups attached to an aromatic ring is 1. The van der Waals surface area contributed by atoms with Crippen molar-refractivity contribution in [3.05, 3.63) is 59.9 Å². The van der Waals surface area contributed by atoms with Crippen LogP contribution in [0.2, 0.25) is 0 Å². The standard InChI is InChI=1S/C17H20N4O/c18-16-5-3-14(4-6-16)13-20-8-10-21(11-9-20)17(22)15-2-1-7-19-12-15/h1-7,12H,8-11,13,18H2. The summed E-state index contributed by atoms with van der Waals surface area (Å²) in [7, 11) is 0. The van der Waals surface area contributed by atoms with Gasteiger partial charge in [0.15, 0.2) is 0 Å². The van der Waals surface area contributed by atoms with Crippen molar-refractivity contribution in [2.45, 2.75) is 6.54 Å². The molecule has 22 heavy (non-hydrogen) atoms. The number of piperazine rings is 1. The number of nitrogens with zero attached hydrogens (tertiary/aromatic N) is 3. The topological polar surface area (TPSA) is 62.5 Å². The van der Waals surface area contributed by atoms with Crippen LogP contribution in [0.4, 0.5) is 5.69 Å². The Morgan fingerprint density at radius 2 is 1.82 bits per heavy atom. The van der Waals surface area contributed by atoms with E-state index < -0.39 is 0 Å². The minimum Gasteiger partial charge on any atom is -0.399 e. The highest BCUT2D eigenvalue weighted by molar-refractivity contribution is 5.93. The van der Waals surface area contributed by atoms with Crippen molar-refractivity contribution < 1.29 is 4.79 Å². The van der Waals surface area contributed by atoms with Gasteiger partial charge in [0.05, 0.1) is 5.56 Å². The first-order chi connectivity index (χ1) is 10.7. The average Bonchev–Trinajstić information content (AvgIpc) is 2.58. The molecule has 1 aliphatic heterocycles. The molecular weight excluding hydrogens is 276 g/mol. The zero-order valence-electron chi connectivity index (χ0n) is 12.5. The van der Waals surface area contributed by atoms with E-state index in [0.717, 1.165) is 38.4 Å². The van der Waals surface area contributed by atoms with Crippen LogP contribution in [0.15, 0.2) is 48.8 Å². The van der Waals surface area contributed by atoms with E-state index >= 15 is 0 Å². The molecule has 5 heteroatoms. The molecule has 2 aromatic rings. The molecule has 1 aromatic carbocycles. The summed E-state index contributed by atoms with van der Waals surface area (Å²) >= 11 is 0. The van der Waals surface area contributed by atoms with Gasteiger partial charge in [0.25, 0.3) is 5.91 Å². The van der Waals surface area contributed by atoms with Crippen molar-refractivity contribution in [1.29, 1.82) is 0 Å². The van der Waals surface area contributed by atoms with Gasteiger partial charge < -0.3 is 10.6 Å². The molecule has 1 aliphatic rings. The summed E-state index contributed by atoms with van der Waals surface area (Å²) in [6.07, 6.45) is 3.31. The third kappa shape index (κ3) is 3.43. The first-order valence-corrected chi connectivity index (χ1v) is 7.48. The van der Waals surface area contributed by atoms with Crippen LogP contribution in [0.1, 0.15) is 15.9 Å². The van der Waals surface area contributed by atoms with E-state index in [4.69, 9.17) is 5.73 Å². The molecule has 3 rings (SSSR count).